The summed E-state index contributed by atoms with van der Waals surface area (Å²) in [6.07, 6.45) is -0.0275. The Morgan fingerprint density at radius 1 is 1.39 bits per heavy atom. The zero-order valence-electron chi connectivity index (χ0n) is 10.9. The maximum atomic E-state index is 11.9. The molecule has 0 atom stereocenters. The van der Waals surface area contributed by atoms with Gasteiger partial charge < -0.3 is 18.2 Å². The highest BCUT2D eigenvalue weighted by molar-refractivity contribution is 7.52. The minimum atomic E-state index is -3.20. The Labute approximate surface area is 106 Å². The first kappa shape index (κ1) is 15.0. The molecule has 1 heterocycles. The van der Waals surface area contributed by atoms with Gasteiger partial charge in [0.2, 0.25) is 0 Å². The minimum absolute atomic E-state index is 0.0275. The van der Waals surface area contributed by atoms with E-state index in [1.807, 2.05) is 0 Å². The molecule has 0 fully saturated rings. The van der Waals surface area contributed by atoms with Crippen molar-refractivity contribution < 1.29 is 27.6 Å². The molecule has 0 bridgehead atoms. The van der Waals surface area contributed by atoms with Gasteiger partial charge in [0, 0.05) is 14.2 Å². The highest BCUT2D eigenvalue weighted by atomic mass is 31.2. The number of hydrogen-bond acceptors (Lipinski definition) is 6. The van der Waals surface area contributed by atoms with Crippen LogP contribution in [0.25, 0.3) is 0 Å². The molecule has 0 unspecified atom stereocenters. The standard InChI is InChI=1S/C11H17O6P/c1-5-16-11(12)10-6-9(17-8(10)2)7-18(13,14-3)15-4/h6H,5,7H2,1-4H3. The van der Waals surface area contributed by atoms with Crippen LogP contribution in [0, 0.1) is 6.92 Å². The summed E-state index contributed by atoms with van der Waals surface area (Å²) >= 11 is 0. The number of hydrogen-bond donors (Lipinski definition) is 0. The first-order valence-corrected chi connectivity index (χ1v) is 7.15. The maximum absolute atomic E-state index is 11.9. The Morgan fingerprint density at radius 2 is 2.00 bits per heavy atom. The van der Waals surface area contributed by atoms with Gasteiger partial charge in [-0.3, -0.25) is 4.57 Å². The van der Waals surface area contributed by atoms with Crippen LogP contribution in [0.15, 0.2) is 10.5 Å². The van der Waals surface area contributed by atoms with Crippen LogP contribution in [-0.4, -0.2) is 26.8 Å². The summed E-state index contributed by atoms with van der Waals surface area (Å²) in [5.41, 5.74) is 0.325. The summed E-state index contributed by atoms with van der Waals surface area (Å²) in [7, 11) is -0.605. The van der Waals surface area contributed by atoms with Crippen molar-refractivity contribution >= 4 is 13.6 Å². The lowest BCUT2D eigenvalue weighted by atomic mass is 10.2. The first-order chi connectivity index (χ1) is 8.45. The molecular formula is C11H17O6P. The van der Waals surface area contributed by atoms with Crippen molar-refractivity contribution in [1.29, 1.82) is 0 Å². The van der Waals surface area contributed by atoms with Gasteiger partial charge >= 0.3 is 13.6 Å². The fraction of sp³-hybridized carbons (Fsp3) is 0.545. The van der Waals surface area contributed by atoms with E-state index in [0.717, 1.165) is 0 Å². The van der Waals surface area contributed by atoms with Crippen LogP contribution in [-0.2, 0) is 24.5 Å². The van der Waals surface area contributed by atoms with E-state index in [2.05, 4.69) is 0 Å². The van der Waals surface area contributed by atoms with Crippen molar-refractivity contribution in [3.8, 4) is 0 Å². The lowest BCUT2D eigenvalue weighted by molar-refractivity contribution is 0.0524. The monoisotopic (exact) mass is 276 g/mol. The van der Waals surface area contributed by atoms with Gasteiger partial charge in [-0.05, 0) is 19.9 Å². The van der Waals surface area contributed by atoms with E-state index >= 15 is 0 Å². The van der Waals surface area contributed by atoms with Crippen LogP contribution in [0.2, 0.25) is 0 Å². The first-order valence-electron chi connectivity index (χ1n) is 5.42. The molecular weight excluding hydrogens is 259 g/mol. The van der Waals surface area contributed by atoms with Gasteiger partial charge in [0.05, 0.1) is 6.61 Å². The molecule has 0 radical (unpaired) electrons. The van der Waals surface area contributed by atoms with Gasteiger partial charge in [0.25, 0.3) is 0 Å². The minimum Gasteiger partial charge on any atom is -0.465 e. The number of carbonyl (C=O) groups is 1. The number of rotatable bonds is 6. The van der Waals surface area contributed by atoms with Crippen molar-refractivity contribution in [1.82, 2.24) is 0 Å². The Balaban J connectivity index is 2.91. The van der Waals surface area contributed by atoms with E-state index in [1.165, 1.54) is 20.3 Å². The second-order valence-electron chi connectivity index (χ2n) is 3.54. The number of esters is 1. The molecule has 0 amide bonds. The van der Waals surface area contributed by atoms with Crippen LogP contribution < -0.4 is 0 Å². The quantitative estimate of drug-likeness (QED) is 0.587. The third-order valence-electron chi connectivity index (χ3n) is 2.37. The average Bonchev–Trinajstić information content (AvgIpc) is 2.70. The van der Waals surface area contributed by atoms with E-state index in [9.17, 15) is 9.36 Å². The molecule has 0 saturated heterocycles. The summed E-state index contributed by atoms with van der Waals surface area (Å²) in [4.78, 5) is 11.6. The predicted octanol–water partition coefficient (Wildman–Crippen LogP) is 2.75. The summed E-state index contributed by atoms with van der Waals surface area (Å²) in [5.74, 6) is 0.319. The Hall–Kier alpha value is -1.10. The normalized spacial score (nSPS) is 11.6. The molecule has 0 aliphatic heterocycles. The summed E-state index contributed by atoms with van der Waals surface area (Å²) in [6.45, 7) is 3.64. The molecule has 0 aliphatic carbocycles. The summed E-state index contributed by atoms with van der Waals surface area (Å²) < 4.78 is 31.7. The van der Waals surface area contributed by atoms with Crippen molar-refractivity contribution in [3.05, 3.63) is 23.2 Å². The van der Waals surface area contributed by atoms with E-state index in [1.54, 1.807) is 13.8 Å². The summed E-state index contributed by atoms with van der Waals surface area (Å²) in [6, 6.07) is 1.50. The van der Waals surface area contributed by atoms with E-state index in [4.69, 9.17) is 18.2 Å². The van der Waals surface area contributed by atoms with Crippen LogP contribution in [0.3, 0.4) is 0 Å². The maximum Gasteiger partial charge on any atom is 0.341 e. The highest BCUT2D eigenvalue weighted by Crippen LogP contribution is 2.50. The lowest BCUT2D eigenvalue weighted by Gasteiger charge is -2.11. The van der Waals surface area contributed by atoms with Gasteiger partial charge in [-0.2, -0.15) is 0 Å². The van der Waals surface area contributed by atoms with Crippen molar-refractivity contribution in [3.63, 3.8) is 0 Å². The molecule has 0 N–H and O–H groups in total. The van der Waals surface area contributed by atoms with Crippen LogP contribution >= 0.6 is 7.60 Å². The van der Waals surface area contributed by atoms with Crippen molar-refractivity contribution in [2.45, 2.75) is 20.0 Å². The molecule has 102 valence electrons. The molecule has 0 aromatic carbocycles. The fourth-order valence-electron chi connectivity index (χ4n) is 1.43. The zero-order chi connectivity index (χ0) is 13.8. The number of carbonyl (C=O) groups excluding carboxylic acids is 1. The van der Waals surface area contributed by atoms with Gasteiger partial charge in [0.15, 0.2) is 0 Å². The Morgan fingerprint density at radius 3 is 2.50 bits per heavy atom. The van der Waals surface area contributed by atoms with Gasteiger partial charge in [0.1, 0.15) is 23.2 Å². The molecule has 1 aromatic rings. The predicted molar refractivity (Wildman–Crippen MR) is 64.7 cm³/mol. The number of ether oxygens (including phenoxy) is 1. The lowest BCUT2D eigenvalue weighted by Crippen LogP contribution is -2.04. The number of furan rings is 1. The molecule has 0 aliphatic rings. The van der Waals surface area contributed by atoms with Crippen molar-refractivity contribution in [2.24, 2.45) is 0 Å². The molecule has 7 heteroatoms. The average molecular weight is 276 g/mol. The van der Waals surface area contributed by atoms with E-state index in [0.29, 0.717) is 17.1 Å². The molecule has 0 saturated carbocycles. The van der Waals surface area contributed by atoms with E-state index in [-0.39, 0.29) is 12.8 Å². The van der Waals surface area contributed by atoms with Gasteiger partial charge in [-0.1, -0.05) is 0 Å². The third kappa shape index (κ3) is 3.45. The van der Waals surface area contributed by atoms with E-state index < -0.39 is 13.6 Å². The molecule has 18 heavy (non-hydrogen) atoms. The SMILES string of the molecule is CCOC(=O)c1cc(CP(=O)(OC)OC)oc1C. The highest BCUT2D eigenvalue weighted by Gasteiger charge is 2.26. The summed E-state index contributed by atoms with van der Waals surface area (Å²) in [5, 5.41) is 0. The fourth-order valence-corrected chi connectivity index (χ4v) is 2.37. The Kier molecular flexibility index (Phi) is 5.14. The van der Waals surface area contributed by atoms with Gasteiger partial charge in [-0.15, -0.1) is 0 Å². The molecule has 1 rings (SSSR count). The topological polar surface area (TPSA) is 75.0 Å². The van der Waals surface area contributed by atoms with Crippen LogP contribution in [0.1, 0.15) is 28.8 Å². The van der Waals surface area contributed by atoms with Crippen molar-refractivity contribution in [2.75, 3.05) is 20.8 Å². The number of aryl methyl sites for hydroxylation is 1. The van der Waals surface area contributed by atoms with Crippen LogP contribution in [0.4, 0.5) is 0 Å². The Bertz CT molecular complexity index is 456. The third-order valence-corrected chi connectivity index (χ3v) is 4.18. The molecule has 1 aromatic heterocycles. The second kappa shape index (κ2) is 6.18. The van der Waals surface area contributed by atoms with Crippen LogP contribution in [0.5, 0.6) is 0 Å². The smallest absolute Gasteiger partial charge is 0.341 e. The zero-order valence-corrected chi connectivity index (χ0v) is 11.8. The second-order valence-corrected chi connectivity index (χ2v) is 5.81. The largest absolute Gasteiger partial charge is 0.465 e. The molecule has 6 nitrogen and oxygen atoms in total. The molecule has 0 spiro atoms. The van der Waals surface area contributed by atoms with Gasteiger partial charge in [-0.25, -0.2) is 4.79 Å².